The number of carbonyl (C=O) groups is 1. The molecule has 0 aliphatic heterocycles. The second-order valence-electron chi connectivity index (χ2n) is 4.04. The predicted octanol–water partition coefficient (Wildman–Crippen LogP) is 3.38. The van der Waals surface area contributed by atoms with Gasteiger partial charge < -0.3 is 4.74 Å². The lowest BCUT2D eigenvalue weighted by Gasteiger charge is -2.20. The van der Waals surface area contributed by atoms with E-state index in [2.05, 4.69) is 11.7 Å². The van der Waals surface area contributed by atoms with Crippen LogP contribution in [0.5, 0.6) is 0 Å². The Hall–Kier alpha value is -0.770. The molecular formula is C13H17Cl2NO2. The van der Waals surface area contributed by atoms with E-state index in [1.54, 1.807) is 6.07 Å². The van der Waals surface area contributed by atoms with Gasteiger partial charge in [0.2, 0.25) is 0 Å². The molecule has 0 spiro atoms. The Balaban J connectivity index is 2.69. The van der Waals surface area contributed by atoms with E-state index in [9.17, 15) is 4.79 Å². The number of hydrogen-bond acceptors (Lipinski definition) is 3. The maximum Gasteiger partial charge on any atom is 0.319 e. The number of nitrogens with zero attached hydrogens (tertiary/aromatic N) is 1. The molecule has 1 aromatic carbocycles. The van der Waals surface area contributed by atoms with Gasteiger partial charge >= 0.3 is 5.97 Å². The van der Waals surface area contributed by atoms with Crippen molar-refractivity contribution < 1.29 is 9.53 Å². The van der Waals surface area contributed by atoms with Crippen molar-refractivity contribution in [2.75, 3.05) is 20.2 Å². The van der Waals surface area contributed by atoms with E-state index in [0.717, 1.165) is 18.5 Å². The van der Waals surface area contributed by atoms with Crippen molar-refractivity contribution in [1.82, 2.24) is 4.90 Å². The Kier molecular flexibility index (Phi) is 6.47. The van der Waals surface area contributed by atoms with Crippen molar-refractivity contribution in [3.05, 3.63) is 33.8 Å². The normalized spacial score (nSPS) is 10.7. The smallest absolute Gasteiger partial charge is 0.319 e. The summed E-state index contributed by atoms with van der Waals surface area (Å²) in [6, 6.07) is 5.50. The second-order valence-corrected chi connectivity index (χ2v) is 4.85. The molecule has 3 nitrogen and oxygen atoms in total. The van der Waals surface area contributed by atoms with E-state index in [-0.39, 0.29) is 12.5 Å². The van der Waals surface area contributed by atoms with E-state index in [1.165, 1.54) is 7.11 Å². The first kappa shape index (κ1) is 15.3. The van der Waals surface area contributed by atoms with Crippen molar-refractivity contribution in [2.45, 2.75) is 19.9 Å². The van der Waals surface area contributed by atoms with Crippen LogP contribution in [0.1, 0.15) is 18.9 Å². The van der Waals surface area contributed by atoms with Crippen LogP contribution >= 0.6 is 23.2 Å². The highest BCUT2D eigenvalue weighted by Crippen LogP contribution is 2.23. The zero-order chi connectivity index (χ0) is 13.5. The number of halogens is 2. The average Bonchev–Trinajstić information content (AvgIpc) is 2.34. The molecule has 0 amide bonds. The molecule has 0 radical (unpaired) electrons. The summed E-state index contributed by atoms with van der Waals surface area (Å²) in [5, 5.41) is 1.07. The summed E-state index contributed by atoms with van der Waals surface area (Å²) >= 11 is 11.8. The maximum atomic E-state index is 11.3. The van der Waals surface area contributed by atoms with Gasteiger partial charge in [-0.1, -0.05) is 36.2 Å². The van der Waals surface area contributed by atoms with Crippen LogP contribution in [0, 0.1) is 0 Å². The van der Waals surface area contributed by atoms with E-state index < -0.39 is 0 Å². The predicted molar refractivity (Wildman–Crippen MR) is 74.0 cm³/mol. The summed E-state index contributed by atoms with van der Waals surface area (Å²) in [7, 11) is 1.39. The van der Waals surface area contributed by atoms with Crippen LogP contribution < -0.4 is 0 Å². The van der Waals surface area contributed by atoms with Crippen LogP contribution in [-0.4, -0.2) is 31.1 Å². The quantitative estimate of drug-likeness (QED) is 0.752. The van der Waals surface area contributed by atoms with Gasteiger partial charge in [-0.2, -0.15) is 0 Å². The van der Waals surface area contributed by atoms with E-state index in [4.69, 9.17) is 23.2 Å². The number of hydrogen-bond donors (Lipinski definition) is 0. The summed E-state index contributed by atoms with van der Waals surface area (Å²) in [4.78, 5) is 13.3. The van der Waals surface area contributed by atoms with Crippen LogP contribution in [0.3, 0.4) is 0 Å². The molecular weight excluding hydrogens is 273 g/mol. The standard InChI is InChI=1S/C13H17Cl2NO2/c1-3-6-16(9-13(17)18-2)8-10-4-5-11(14)12(15)7-10/h4-5,7H,3,6,8-9H2,1-2H3. The SMILES string of the molecule is CCCN(CC(=O)OC)Cc1ccc(Cl)c(Cl)c1. The van der Waals surface area contributed by atoms with E-state index in [1.807, 2.05) is 17.0 Å². The first-order valence-electron chi connectivity index (χ1n) is 5.80. The number of methoxy groups -OCH3 is 1. The Morgan fingerprint density at radius 2 is 2.06 bits per heavy atom. The van der Waals surface area contributed by atoms with Crippen molar-refractivity contribution >= 4 is 29.2 Å². The minimum absolute atomic E-state index is 0.233. The van der Waals surface area contributed by atoms with E-state index in [0.29, 0.717) is 16.6 Å². The molecule has 0 heterocycles. The van der Waals surface area contributed by atoms with Crippen molar-refractivity contribution in [3.8, 4) is 0 Å². The highest BCUT2D eigenvalue weighted by Gasteiger charge is 2.11. The molecule has 5 heteroatoms. The summed E-state index contributed by atoms with van der Waals surface area (Å²) < 4.78 is 4.68. The summed E-state index contributed by atoms with van der Waals surface area (Å²) in [6.07, 6.45) is 0.971. The number of ether oxygens (including phenoxy) is 1. The molecule has 0 aliphatic rings. The minimum Gasteiger partial charge on any atom is -0.468 e. The molecule has 0 unspecified atom stereocenters. The van der Waals surface area contributed by atoms with Gasteiger partial charge in [0.15, 0.2) is 0 Å². The molecule has 0 aromatic heterocycles. The van der Waals surface area contributed by atoms with Gasteiger partial charge in [-0.15, -0.1) is 0 Å². The third-order valence-electron chi connectivity index (χ3n) is 2.51. The molecule has 1 rings (SSSR count). The van der Waals surface area contributed by atoms with Gasteiger partial charge in [0.1, 0.15) is 0 Å². The molecule has 0 bridgehead atoms. The zero-order valence-corrected chi connectivity index (χ0v) is 12.1. The van der Waals surface area contributed by atoms with Crippen LogP contribution in [0.2, 0.25) is 10.0 Å². The molecule has 18 heavy (non-hydrogen) atoms. The van der Waals surface area contributed by atoms with Crippen LogP contribution in [0.4, 0.5) is 0 Å². The molecule has 0 fully saturated rings. The van der Waals surface area contributed by atoms with Crippen LogP contribution in [0.15, 0.2) is 18.2 Å². The Morgan fingerprint density at radius 3 is 2.61 bits per heavy atom. The van der Waals surface area contributed by atoms with Gasteiger partial charge in [-0.25, -0.2) is 0 Å². The maximum absolute atomic E-state index is 11.3. The second kappa shape index (κ2) is 7.62. The summed E-state index contributed by atoms with van der Waals surface area (Å²) in [5.41, 5.74) is 1.03. The topological polar surface area (TPSA) is 29.5 Å². The van der Waals surface area contributed by atoms with Gasteiger partial charge in [-0.3, -0.25) is 9.69 Å². The Morgan fingerprint density at radius 1 is 1.33 bits per heavy atom. The van der Waals surface area contributed by atoms with Crippen molar-refractivity contribution in [1.29, 1.82) is 0 Å². The fraction of sp³-hybridized carbons (Fsp3) is 0.462. The number of esters is 1. The molecule has 0 saturated heterocycles. The zero-order valence-electron chi connectivity index (χ0n) is 10.6. The van der Waals surface area contributed by atoms with Gasteiger partial charge in [0, 0.05) is 6.54 Å². The summed E-state index contributed by atoms with van der Waals surface area (Å²) in [6.45, 7) is 3.83. The molecule has 0 N–H and O–H groups in total. The minimum atomic E-state index is -0.233. The van der Waals surface area contributed by atoms with Crippen molar-refractivity contribution in [3.63, 3.8) is 0 Å². The Bertz CT molecular complexity index is 410. The molecule has 0 aliphatic carbocycles. The lowest BCUT2D eigenvalue weighted by atomic mass is 10.2. The average molecular weight is 290 g/mol. The number of rotatable bonds is 6. The third kappa shape index (κ3) is 4.84. The lowest BCUT2D eigenvalue weighted by molar-refractivity contribution is -0.142. The number of benzene rings is 1. The largest absolute Gasteiger partial charge is 0.468 e. The highest BCUT2D eigenvalue weighted by molar-refractivity contribution is 6.42. The van der Waals surface area contributed by atoms with Crippen molar-refractivity contribution in [2.24, 2.45) is 0 Å². The monoisotopic (exact) mass is 289 g/mol. The fourth-order valence-corrected chi connectivity index (χ4v) is 1.99. The van der Waals surface area contributed by atoms with Crippen LogP contribution in [-0.2, 0) is 16.1 Å². The lowest BCUT2D eigenvalue weighted by Crippen LogP contribution is -2.30. The molecule has 0 saturated carbocycles. The van der Waals surface area contributed by atoms with E-state index >= 15 is 0 Å². The highest BCUT2D eigenvalue weighted by atomic mass is 35.5. The Labute approximate surface area is 118 Å². The third-order valence-corrected chi connectivity index (χ3v) is 3.25. The van der Waals surface area contributed by atoms with Gasteiger partial charge in [-0.05, 0) is 30.7 Å². The molecule has 100 valence electrons. The fourth-order valence-electron chi connectivity index (χ4n) is 1.67. The summed E-state index contributed by atoms with van der Waals surface area (Å²) in [5.74, 6) is -0.233. The van der Waals surface area contributed by atoms with Gasteiger partial charge in [0.25, 0.3) is 0 Å². The van der Waals surface area contributed by atoms with Gasteiger partial charge in [0.05, 0.1) is 23.7 Å². The first-order valence-corrected chi connectivity index (χ1v) is 6.55. The first-order chi connectivity index (χ1) is 8.56. The molecule has 0 atom stereocenters. The van der Waals surface area contributed by atoms with Crippen LogP contribution in [0.25, 0.3) is 0 Å². The number of carbonyl (C=O) groups excluding carboxylic acids is 1. The molecule has 1 aromatic rings.